The van der Waals surface area contributed by atoms with Gasteiger partial charge in [-0.3, -0.25) is 10.1 Å². The van der Waals surface area contributed by atoms with E-state index in [0.717, 1.165) is 84.5 Å². The number of aryl methyl sites for hydroxylation is 5. The third-order valence-corrected chi connectivity index (χ3v) is 8.87. The number of hydrogen-bond donors (Lipinski definition) is 8. The number of rotatable bonds is 3. The zero-order chi connectivity index (χ0) is 54.7. The molecule has 0 aliphatic carbocycles. The molecule has 10 rings (SSSR count). The number of aromatic hydroxyl groups is 1. The molecular formula is C53H72N12O7. The summed E-state index contributed by atoms with van der Waals surface area (Å²) in [4.78, 5) is 67.9. The van der Waals surface area contributed by atoms with Crippen LogP contribution < -0.4 is 5.73 Å². The first-order valence-corrected chi connectivity index (χ1v) is 23.8. The van der Waals surface area contributed by atoms with Crippen molar-refractivity contribution in [2.75, 3.05) is 12.8 Å². The quantitative estimate of drug-likeness (QED) is 0.0354. The molecule has 19 nitrogen and oxygen atoms in total. The lowest BCUT2D eigenvalue weighted by Gasteiger charge is -1.97. The van der Waals surface area contributed by atoms with Gasteiger partial charge in [0.15, 0.2) is 0 Å². The van der Waals surface area contributed by atoms with E-state index in [1.165, 1.54) is 19.2 Å². The molecule has 0 spiro atoms. The molecule has 0 unspecified atom stereocenters. The Morgan fingerprint density at radius 2 is 0.819 bits per heavy atom. The largest absolute Gasteiger partial charge is 0.508 e. The lowest BCUT2D eigenvalue weighted by Crippen LogP contribution is -2.00. The summed E-state index contributed by atoms with van der Waals surface area (Å²) >= 11 is 0. The Balaban J connectivity index is 0.000000431. The van der Waals surface area contributed by atoms with E-state index in [1.807, 2.05) is 122 Å². The molecule has 0 saturated heterocycles. The number of methoxy groups -OCH3 is 1. The second-order valence-corrected chi connectivity index (χ2v) is 13.8. The van der Waals surface area contributed by atoms with Crippen LogP contribution in [0, 0.1) is 44.7 Å². The first kappa shape index (κ1) is 61.4. The van der Waals surface area contributed by atoms with Gasteiger partial charge in [0.25, 0.3) is 5.69 Å². The van der Waals surface area contributed by atoms with Gasteiger partial charge in [-0.2, -0.15) is 0 Å². The molecule has 0 amide bonds. The molecule has 0 bridgehead atoms. The molecule has 0 fully saturated rings. The lowest BCUT2D eigenvalue weighted by atomic mass is 10.2. The molecule has 5 aromatic heterocycles. The fourth-order valence-corrected chi connectivity index (χ4v) is 6.17. The molecular weight excluding hydrogens is 917 g/mol. The van der Waals surface area contributed by atoms with Crippen LogP contribution in [-0.2, 0) is 4.74 Å². The van der Waals surface area contributed by atoms with Gasteiger partial charge in [0.05, 0.1) is 78.3 Å². The van der Waals surface area contributed by atoms with Crippen LogP contribution >= 0.6 is 0 Å². The smallest absolute Gasteiger partial charge is 0.337 e. The Bertz CT molecular complexity index is 3050. The van der Waals surface area contributed by atoms with Gasteiger partial charge in [0.2, 0.25) is 0 Å². The van der Waals surface area contributed by atoms with E-state index in [-0.39, 0.29) is 23.0 Å². The SMILES string of the molecule is CC.CC.CC.CC.CC.COC(=O)c1ccc2nc(C)[nH]c2c1.Cc1nc2ccc(C(=O)O)cc2[nH]1.Cc1nc2ccc(N)cc2[nH]1.Cc1nc2ccc(O)cc2[nH]1.Cc1nc2ccc([N+](=O)[O-])cc2[nH]1. The van der Waals surface area contributed by atoms with Crippen molar-refractivity contribution in [2.24, 2.45) is 0 Å². The van der Waals surface area contributed by atoms with E-state index < -0.39 is 10.9 Å². The minimum Gasteiger partial charge on any atom is -0.508 e. The van der Waals surface area contributed by atoms with E-state index >= 15 is 0 Å². The van der Waals surface area contributed by atoms with Crippen LogP contribution in [0.5, 0.6) is 5.75 Å². The van der Waals surface area contributed by atoms with Gasteiger partial charge in [-0.15, -0.1) is 0 Å². The van der Waals surface area contributed by atoms with Crippen molar-refractivity contribution in [3.05, 3.63) is 141 Å². The number of nitrogens with two attached hydrogens (primary N) is 1. The highest BCUT2D eigenvalue weighted by Gasteiger charge is 2.09. The van der Waals surface area contributed by atoms with Gasteiger partial charge in [0.1, 0.15) is 34.9 Å². The summed E-state index contributed by atoms with van der Waals surface area (Å²) in [5, 5.41) is 28.2. The van der Waals surface area contributed by atoms with Crippen LogP contribution in [0.25, 0.3) is 55.2 Å². The van der Waals surface area contributed by atoms with E-state index in [4.69, 9.17) is 15.9 Å². The minimum atomic E-state index is -0.922. The van der Waals surface area contributed by atoms with Crippen LogP contribution in [-0.4, -0.2) is 84.0 Å². The highest BCUT2D eigenvalue weighted by Crippen LogP contribution is 2.20. The number of ether oxygens (including phenoxy) is 1. The van der Waals surface area contributed by atoms with Crippen molar-refractivity contribution in [3.63, 3.8) is 0 Å². The number of nitrogens with zero attached hydrogens (tertiary/aromatic N) is 6. The molecule has 0 aliphatic heterocycles. The molecule has 19 heteroatoms. The molecule has 0 saturated carbocycles. The molecule has 5 heterocycles. The van der Waals surface area contributed by atoms with Crippen molar-refractivity contribution < 1.29 is 29.5 Å². The van der Waals surface area contributed by atoms with Crippen molar-refractivity contribution >= 4 is 78.5 Å². The maximum absolute atomic E-state index is 11.2. The number of aromatic amines is 5. The van der Waals surface area contributed by atoms with E-state index in [2.05, 4.69) is 54.6 Å². The minimum absolute atomic E-state index is 0.0798. The molecule has 0 aliphatic rings. The number of carbonyl (C=O) groups excluding carboxylic acids is 1. The number of aromatic nitrogens is 10. The van der Waals surface area contributed by atoms with Gasteiger partial charge >= 0.3 is 11.9 Å². The van der Waals surface area contributed by atoms with Crippen molar-refractivity contribution in [3.8, 4) is 5.75 Å². The summed E-state index contributed by atoms with van der Waals surface area (Å²) in [5.41, 5.74) is 15.7. The normalized spacial score (nSPS) is 9.50. The van der Waals surface area contributed by atoms with Crippen LogP contribution in [0.1, 0.15) is 119 Å². The highest BCUT2D eigenvalue weighted by molar-refractivity contribution is 5.94. The Hall–Kier alpha value is -8.61. The van der Waals surface area contributed by atoms with Crippen LogP contribution in [0.3, 0.4) is 0 Å². The number of nitro groups is 1. The Morgan fingerprint density at radius 1 is 0.500 bits per heavy atom. The zero-order valence-electron chi connectivity index (χ0n) is 44.4. The summed E-state index contributed by atoms with van der Waals surface area (Å²) in [5.74, 6) is 3.18. The lowest BCUT2D eigenvalue weighted by molar-refractivity contribution is -0.384. The van der Waals surface area contributed by atoms with Crippen LogP contribution in [0.2, 0.25) is 0 Å². The first-order chi connectivity index (χ1) is 34.5. The molecule has 9 N–H and O–H groups in total. The number of phenolic OH excluding ortho intramolecular Hbond substituents is 1. The molecule has 0 radical (unpaired) electrons. The number of nitro benzene ring substituents is 1. The topological polar surface area (TPSA) is 296 Å². The van der Waals surface area contributed by atoms with Crippen molar-refractivity contribution in [1.82, 2.24) is 49.8 Å². The first-order valence-electron chi connectivity index (χ1n) is 23.8. The summed E-state index contributed by atoms with van der Waals surface area (Å²) in [6.45, 7) is 29.3. The fourth-order valence-electron chi connectivity index (χ4n) is 6.17. The molecule has 5 aromatic carbocycles. The number of nitrogens with one attached hydrogen (secondary N) is 5. The van der Waals surface area contributed by atoms with Gasteiger partial charge < -0.3 is 45.6 Å². The van der Waals surface area contributed by atoms with Crippen molar-refractivity contribution in [1.29, 1.82) is 0 Å². The van der Waals surface area contributed by atoms with E-state index in [1.54, 1.807) is 60.7 Å². The number of imidazole rings is 5. The Kier molecular flexibility index (Phi) is 26.9. The number of carboxylic acids is 1. The summed E-state index contributed by atoms with van der Waals surface area (Å²) in [7, 11) is 1.37. The summed E-state index contributed by atoms with van der Waals surface area (Å²) < 4.78 is 4.62. The number of nitrogen functional groups attached to an aromatic ring is 1. The maximum atomic E-state index is 11.2. The fraction of sp³-hybridized carbons (Fsp3) is 0.302. The predicted octanol–water partition coefficient (Wildman–Crippen LogP) is 13.2. The number of carbonyl (C=O) groups is 2. The summed E-state index contributed by atoms with van der Waals surface area (Å²) in [6, 6.07) is 25.3. The molecule has 10 aromatic rings. The number of aromatic carboxylic acids is 1. The monoisotopic (exact) mass is 989 g/mol. The third-order valence-electron chi connectivity index (χ3n) is 8.87. The van der Waals surface area contributed by atoms with Gasteiger partial charge in [-0.1, -0.05) is 69.2 Å². The van der Waals surface area contributed by atoms with Crippen molar-refractivity contribution in [2.45, 2.75) is 104 Å². The number of phenols is 1. The molecule has 0 atom stereocenters. The predicted molar refractivity (Wildman–Crippen MR) is 292 cm³/mol. The standard InChI is InChI=1S/C10H10N2O2.C9H8N2O2.C8H7N3O2.C8H9N3.C8H8N2O.5C2H6/c1-6-11-8-4-3-7(10(13)14-2)5-9(8)12-6;1-5-10-7-3-2-6(9(12)13)4-8(7)11-5;1-5-9-7-3-2-6(11(12)13)4-8(7)10-5;1-5-10-7-3-2-6(9)4-8(7)11-5;1-5-9-7-3-2-6(11)4-8(7)10-5;5*1-2/h3-5H,1-2H3,(H,11,12);2-4H,1H3,(H,10,11)(H,12,13);2-4H,1H3,(H,9,10);2-4H,9H2,1H3,(H,10,11);2-4,11H,1H3,(H,9,10);5*1-2H3. The second-order valence-electron chi connectivity index (χ2n) is 13.8. The van der Waals surface area contributed by atoms with E-state index in [0.29, 0.717) is 11.1 Å². The number of hydrogen-bond acceptors (Lipinski definition) is 12. The van der Waals surface area contributed by atoms with E-state index in [9.17, 15) is 19.7 Å². The number of benzene rings is 5. The second kappa shape index (κ2) is 31.5. The van der Waals surface area contributed by atoms with Crippen LogP contribution in [0.15, 0.2) is 91.0 Å². The number of carboxylic acid groups (broad SMARTS) is 1. The molecule has 386 valence electrons. The molecule has 72 heavy (non-hydrogen) atoms. The Morgan fingerprint density at radius 3 is 1.21 bits per heavy atom. The average Bonchev–Trinajstić information content (AvgIpc) is 4.22. The maximum Gasteiger partial charge on any atom is 0.337 e. The third kappa shape index (κ3) is 18.4. The van der Waals surface area contributed by atoms with Crippen LogP contribution in [0.4, 0.5) is 11.4 Å². The number of esters is 1. The van der Waals surface area contributed by atoms with Gasteiger partial charge in [-0.05, 0) is 107 Å². The zero-order valence-corrected chi connectivity index (χ0v) is 44.4. The van der Waals surface area contributed by atoms with Gasteiger partial charge in [0, 0.05) is 23.9 Å². The highest BCUT2D eigenvalue weighted by atomic mass is 16.6. The Labute approximate surface area is 420 Å². The number of anilines is 1. The number of non-ortho nitro benzene ring substituents is 1. The number of fused-ring (bicyclic) bond motifs is 5. The summed E-state index contributed by atoms with van der Waals surface area (Å²) in [6.07, 6.45) is 0. The van der Waals surface area contributed by atoms with Gasteiger partial charge in [-0.25, -0.2) is 34.5 Å². The number of H-pyrrole nitrogens is 5. The average molecular weight is 989 g/mol.